The first kappa shape index (κ1) is 10.5. The smallest absolute Gasteiger partial charge is 0.307 e. The quantitative estimate of drug-likeness (QED) is 0.729. The minimum atomic E-state index is -0.774. The number of carbonyl (C=O) groups is 2. The van der Waals surface area contributed by atoms with Gasteiger partial charge < -0.3 is 5.11 Å². The zero-order valence-corrected chi connectivity index (χ0v) is 9.38. The van der Waals surface area contributed by atoms with Gasteiger partial charge in [-0.2, -0.15) is 0 Å². The molecule has 0 radical (unpaired) electrons. The Balaban J connectivity index is 2.18. The van der Waals surface area contributed by atoms with Gasteiger partial charge in [-0.25, -0.2) is 0 Å². The van der Waals surface area contributed by atoms with E-state index in [0.717, 1.165) is 11.8 Å². The lowest BCUT2D eigenvalue weighted by Gasteiger charge is -1.97. The maximum atomic E-state index is 11.3. The van der Waals surface area contributed by atoms with Crippen LogP contribution in [0.15, 0.2) is 23.1 Å². The Hall–Kier alpha value is -1.03. The van der Waals surface area contributed by atoms with Crippen molar-refractivity contribution in [3.05, 3.63) is 23.1 Å². The highest BCUT2D eigenvalue weighted by atomic mass is 32.2. The van der Waals surface area contributed by atoms with E-state index in [1.165, 1.54) is 0 Å². The second kappa shape index (κ2) is 3.23. The number of thioether (sulfide) groups is 1. The summed E-state index contributed by atoms with van der Waals surface area (Å²) in [5.74, 6) is -1.14. The average molecular weight is 224 g/mol. The lowest BCUT2D eigenvalue weighted by atomic mass is 10.1. The second-order valence-electron chi connectivity index (χ2n) is 4.49. The monoisotopic (exact) mass is 224 g/mol. The molecule has 1 N–H and O–H groups in total. The molecule has 0 saturated heterocycles. The van der Waals surface area contributed by atoms with Crippen molar-refractivity contribution in [2.45, 2.75) is 13.8 Å². The standard InChI is InChI=1S/C11H12O3S/c1-11(2)7(8(11)9(12)13)5-6-3-4-15-10(6)14/h3-5,7-8H,1-2H3,(H,12,13). The summed E-state index contributed by atoms with van der Waals surface area (Å²) in [6, 6.07) is 0. The normalized spacial score (nSPS) is 34.8. The molecule has 0 spiro atoms. The van der Waals surface area contributed by atoms with Crippen LogP contribution in [0.25, 0.3) is 0 Å². The highest BCUT2D eigenvalue weighted by molar-refractivity contribution is 8.17. The van der Waals surface area contributed by atoms with E-state index in [2.05, 4.69) is 0 Å². The van der Waals surface area contributed by atoms with Gasteiger partial charge in [-0.1, -0.05) is 31.7 Å². The molecule has 1 saturated carbocycles. The summed E-state index contributed by atoms with van der Waals surface area (Å²) in [6.45, 7) is 3.84. The fraction of sp³-hybridized carbons (Fsp3) is 0.455. The number of carboxylic acid groups (broad SMARTS) is 1. The van der Waals surface area contributed by atoms with Crippen molar-refractivity contribution in [3.8, 4) is 0 Å². The molecule has 0 aromatic carbocycles. The number of hydrogen-bond donors (Lipinski definition) is 1. The van der Waals surface area contributed by atoms with E-state index in [4.69, 9.17) is 5.11 Å². The molecule has 2 aliphatic rings. The van der Waals surface area contributed by atoms with Gasteiger partial charge in [-0.05, 0) is 22.8 Å². The lowest BCUT2D eigenvalue weighted by molar-refractivity contribution is -0.139. The molecule has 80 valence electrons. The maximum Gasteiger partial charge on any atom is 0.307 e. The van der Waals surface area contributed by atoms with Crippen LogP contribution in [-0.2, 0) is 9.59 Å². The molecule has 4 heteroatoms. The number of carboxylic acids is 1. The van der Waals surface area contributed by atoms with Gasteiger partial charge in [0.05, 0.1) is 5.92 Å². The first-order valence-corrected chi connectivity index (χ1v) is 5.64. The Morgan fingerprint density at radius 1 is 1.60 bits per heavy atom. The van der Waals surface area contributed by atoms with Crippen LogP contribution in [0.3, 0.4) is 0 Å². The van der Waals surface area contributed by atoms with Crippen LogP contribution >= 0.6 is 11.8 Å². The summed E-state index contributed by atoms with van der Waals surface area (Å²) < 4.78 is 0. The van der Waals surface area contributed by atoms with Crippen LogP contribution in [0.2, 0.25) is 0 Å². The molecular weight excluding hydrogens is 212 g/mol. The molecule has 0 amide bonds. The molecule has 2 atom stereocenters. The lowest BCUT2D eigenvalue weighted by Crippen LogP contribution is -2.03. The van der Waals surface area contributed by atoms with Gasteiger partial charge in [0.15, 0.2) is 0 Å². The van der Waals surface area contributed by atoms with Crippen molar-refractivity contribution >= 4 is 22.8 Å². The van der Waals surface area contributed by atoms with Crippen molar-refractivity contribution in [2.75, 3.05) is 0 Å². The Labute approximate surface area is 92.2 Å². The molecule has 2 unspecified atom stereocenters. The maximum absolute atomic E-state index is 11.3. The molecule has 15 heavy (non-hydrogen) atoms. The molecule has 1 fully saturated rings. The fourth-order valence-electron chi connectivity index (χ4n) is 2.08. The van der Waals surface area contributed by atoms with Gasteiger partial charge in [0, 0.05) is 5.57 Å². The van der Waals surface area contributed by atoms with E-state index >= 15 is 0 Å². The third-order valence-electron chi connectivity index (χ3n) is 3.19. The van der Waals surface area contributed by atoms with Crippen LogP contribution in [0.5, 0.6) is 0 Å². The van der Waals surface area contributed by atoms with E-state index in [9.17, 15) is 9.59 Å². The van der Waals surface area contributed by atoms with Crippen molar-refractivity contribution in [3.63, 3.8) is 0 Å². The third-order valence-corrected chi connectivity index (χ3v) is 3.92. The van der Waals surface area contributed by atoms with E-state index in [1.54, 1.807) is 17.6 Å². The molecule has 0 aromatic rings. The van der Waals surface area contributed by atoms with Crippen molar-refractivity contribution in [2.24, 2.45) is 17.3 Å². The number of carbonyl (C=O) groups excluding carboxylic acids is 1. The van der Waals surface area contributed by atoms with Crippen LogP contribution in [0, 0.1) is 17.3 Å². The molecular formula is C11H12O3S. The van der Waals surface area contributed by atoms with Gasteiger partial charge in [-0.15, -0.1) is 0 Å². The van der Waals surface area contributed by atoms with Crippen LogP contribution in [0.1, 0.15) is 13.8 Å². The Morgan fingerprint density at radius 2 is 2.27 bits per heavy atom. The van der Waals surface area contributed by atoms with Gasteiger partial charge in [0.2, 0.25) is 5.12 Å². The minimum Gasteiger partial charge on any atom is -0.481 e. The molecule has 2 rings (SSSR count). The predicted octanol–water partition coefficient (Wildman–Crippen LogP) is 2.06. The van der Waals surface area contributed by atoms with Crippen molar-refractivity contribution in [1.82, 2.24) is 0 Å². The highest BCUT2D eigenvalue weighted by Crippen LogP contribution is 2.59. The molecule has 1 heterocycles. The summed E-state index contributed by atoms with van der Waals surface area (Å²) in [5.41, 5.74) is 0.419. The zero-order valence-electron chi connectivity index (χ0n) is 8.56. The van der Waals surface area contributed by atoms with Gasteiger partial charge in [0.25, 0.3) is 0 Å². The molecule has 0 aromatic heterocycles. The molecule has 0 bridgehead atoms. The predicted molar refractivity (Wildman–Crippen MR) is 58.2 cm³/mol. The minimum absolute atomic E-state index is 0.0156. The van der Waals surface area contributed by atoms with Crippen molar-refractivity contribution < 1.29 is 14.7 Å². The van der Waals surface area contributed by atoms with Gasteiger partial charge in [-0.3, -0.25) is 9.59 Å². The summed E-state index contributed by atoms with van der Waals surface area (Å²) in [4.78, 5) is 22.2. The first-order valence-electron chi connectivity index (χ1n) is 4.77. The van der Waals surface area contributed by atoms with Crippen LogP contribution in [-0.4, -0.2) is 16.2 Å². The van der Waals surface area contributed by atoms with E-state index in [-0.39, 0.29) is 22.4 Å². The van der Waals surface area contributed by atoms with Crippen LogP contribution < -0.4 is 0 Å². The van der Waals surface area contributed by atoms with E-state index in [1.807, 2.05) is 13.8 Å². The second-order valence-corrected chi connectivity index (χ2v) is 5.37. The largest absolute Gasteiger partial charge is 0.481 e. The first-order chi connectivity index (χ1) is 6.94. The number of rotatable bonds is 2. The summed E-state index contributed by atoms with van der Waals surface area (Å²) in [6.07, 6.45) is 3.55. The summed E-state index contributed by atoms with van der Waals surface area (Å²) >= 11 is 1.15. The number of hydrogen-bond acceptors (Lipinski definition) is 3. The van der Waals surface area contributed by atoms with E-state index in [0.29, 0.717) is 5.57 Å². The third kappa shape index (κ3) is 1.63. The van der Waals surface area contributed by atoms with Crippen LogP contribution in [0.4, 0.5) is 0 Å². The fourth-order valence-corrected chi connectivity index (χ4v) is 2.69. The molecule has 1 aliphatic heterocycles. The summed E-state index contributed by atoms with van der Waals surface area (Å²) in [5, 5.41) is 10.7. The van der Waals surface area contributed by atoms with Gasteiger partial charge in [0.1, 0.15) is 0 Å². The Morgan fingerprint density at radius 3 is 2.67 bits per heavy atom. The number of allylic oxidation sites excluding steroid dienone is 2. The zero-order chi connectivity index (χ0) is 11.2. The highest BCUT2D eigenvalue weighted by Gasteiger charge is 2.61. The Kier molecular flexibility index (Phi) is 2.26. The number of aliphatic carboxylic acids is 1. The molecule has 1 aliphatic carbocycles. The SMILES string of the molecule is CC1(C)C(C=C2C=CSC2=O)C1C(=O)O. The Bertz CT molecular complexity index is 393. The topological polar surface area (TPSA) is 54.4 Å². The van der Waals surface area contributed by atoms with E-state index < -0.39 is 5.97 Å². The molecule has 3 nitrogen and oxygen atoms in total. The average Bonchev–Trinajstić information content (AvgIpc) is 2.47. The van der Waals surface area contributed by atoms with Gasteiger partial charge >= 0.3 is 5.97 Å². The summed E-state index contributed by atoms with van der Waals surface area (Å²) in [7, 11) is 0. The van der Waals surface area contributed by atoms with Crippen molar-refractivity contribution in [1.29, 1.82) is 0 Å².